The number of benzene rings is 1. The number of halogens is 3. The molecule has 0 spiro atoms. The van der Waals surface area contributed by atoms with Crippen molar-refractivity contribution in [3.05, 3.63) is 29.8 Å². The molecular weight excluding hydrogens is 213 g/mol. The minimum Gasteiger partial charge on any atom is -0.380 e. The van der Waals surface area contributed by atoms with Crippen LogP contribution >= 0.6 is 11.8 Å². The molecule has 78 valence electrons. The van der Waals surface area contributed by atoms with Gasteiger partial charge in [0.25, 0.3) is 0 Å². The summed E-state index contributed by atoms with van der Waals surface area (Å²) in [5.41, 5.74) is -3.36. The fourth-order valence-electron chi connectivity index (χ4n) is 0.954. The highest BCUT2D eigenvalue weighted by atomic mass is 32.2. The van der Waals surface area contributed by atoms with Crippen LogP contribution in [0.3, 0.4) is 0 Å². The maximum absolute atomic E-state index is 11.9. The van der Waals surface area contributed by atoms with E-state index < -0.39 is 5.51 Å². The van der Waals surface area contributed by atoms with Gasteiger partial charge in [-0.1, -0.05) is 12.1 Å². The highest BCUT2D eigenvalue weighted by Crippen LogP contribution is 2.36. The van der Waals surface area contributed by atoms with Crippen molar-refractivity contribution in [1.82, 2.24) is 0 Å². The summed E-state index contributed by atoms with van der Waals surface area (Å²) in [5, 5.41) is 0. The van der Waals surface area contributed by atoms with Gasteiger partial charge in [-0.25, -0.2) is 0 Å². The number of ether oxygens (including phenoxy) is 1. The number of thioether (sulfide) groups is 1. The molecule has 1 aromatic rings. The summed E-state index contributed by atoms with van der Waals surface area (Å²) < 4.78 is 40.6. The van der Waals surface area contributed by atoms with Gasteiger partial charge in [-0.2, -0.15) is 13.2 Å². The summed E-state index contributed by atoms with van der Waals surface area (Å²) in [4.78, 5) is 0.192. The molecule has 14 heavy (non-hydrogen) atoms. The lowest BCUT2D eigenvalue weighted by Gasteiger charge is -2.05. The van der Waals surface area contributed by atoms with Gasteiger partial charge >= 0.3 is 5.51 Å². The monoisotopic (exact) mass is 222 g/mol. The van der Waals surface area contributed by atoms with E-state index in [1.807, 2.05) is 0 Å². The Balaban J connectivity index is 2.64. The van der Waals surface area contributed by atoms with Crippen LogP contribution in [0.15, 0.2) is 29.2 Å². The molecule has 0 radical (unpaired) electrons. The molecule has 0 heterocycles. The van der Waals surface area contributed by atoms with Crippen LogP contribution in [0.1, 0.15) is 5.56 Å². The van der Waals surface area contributed by atoms with E-state index in [-0.39, 0.29) is 16.7 Å². The van der Waals surface area contributed by atoms with Gasteiger partial charge in [-0.05, 0) is 29.5 Å². The van der Waals surface area contributed by atoms with Crippen LogP contribution in [0.4, 0.5) is 13.2 Å². The molecule has 0 saturated heterocycles. The number of hydrogen-bond acceptors (Lipinski definition) is 2. The predicted octanol–water partition coefficient (Wildman–Crippen LogP) is 3.44. The van der Waals surface area contributed by atoms with E-state index in [0.29, 0.717) is 6.61 Å². The molecule has 0 saturated carbocycles. The van der Waals surface area contributed by atoms with Crippen molar-refractivity contribution in [3.63, 3.8) is 0 Å². The van der Waals surface area contributed by atoms with E-state index in [0.717, 1.165) is 5.56 Å². The predicted molar refractivity (Wildman–Crippen MR) is 49.1 cm³/mol. The lowest BCUT2D eigenvalue weighted by atomic mass is 10.2. The molecule has 1 aromatic carbocycles. The van der Waals surface area contributed by atoms with Gasteiger partial charge in [0, 0.05) is 12.0 Å². The van der Waals surface area contributed by atoms with Gasteiger partial charge in [0.1, 0.15) is 0 Å². The Labute approximate surface area is 84.3 Å². The molecule has 0 fully saturated rings. The van der Waals surface area contributed by atoms with E-state index in [1.54, 1.807) is 19.2 Å². The van der Waals surface area contributed by atoms with Gasteiger partial charge < -0.3 is 4.74 Å². The number of hydrogen-bond donors (Lipinski definition) is 0. The second-order valence-corrected chi connectivity index (χ2v) is 3.76. The molecule has 0 aliphatic heterocycles. The van der Waals surface area contributed by atoms with Crippen LogP contribution < -0.4 is 0 Å². The highest BCUT2D eigenvalue weighted by Gasteiger charge is 2.28. The van der Waals surface area contributed by atoms with Gasteiger partial charge in [-0.3, -0.25) is 0 Å². The SMILES string of the molecule is COCc1ccc(SC(F)(F)F)cc1. The average Bonchev–Trinajstić information content (AvgIpc) is 2.06. The third-order valence-electron chi connectivity index (χ3n) is 1.47. The van der Waals surface area contributed by atoms with Crippen molar-refractivity contribution in [3.8, 4) is 0 Å². The molecule has 0 atom stereocenters. The van der Waals surface area contributed by atoms with Crippen molar-refractivity contribution in [2.45, 2.75) is 17.0 Å². The van der Waals surface area contributed by atoms with Crippen molar-refractivity contribution in [1.29, 1.82) is 0 Å². The fourth-order valence-corrected chi connectivity index (χ4v) is 1.49. The first-order valence-corrected chi connectivity index (χ1v) is 4.66. The van der Waals surface area contributed by atoms with E-state index in [1.165, 1.54) is 12.1 Å². The largest absolute Gasteiger partial charge is 0.446 e. The van der Waals surface area contributed by atoms with Crippen LogP contribution in [0.25, 0.3) is 0 Å². The Morgan fingerprint density at radius 3 is 2.21 bits per heavy atom. The summed E-state index contributed by atoms with van der Waals surface area (Å²) in [6.07, 6.45) is 0. The summed E-state index contributed by atoms with van der Waals surface area (Å²) in [6.45, 7) is 0.414. The van der Waals surface area contributed by atoms with E-state index in [2.05, 4.69) is 0 Å². The lowest BCUT2D eigenvalue weighted by molar-refractivity contribution is -0.0328. The van der Waals surface area contributed by atoms with Gasteiger partial charge in [0.15, 0.2) is 0 Å². The van der Waals surface area contributed by atoms with Crippen LogP contribution in [-0.4, -0.2) is 12.6 Å². The molecular formula is C9H9F3OS. The third-order valence-corrected chi connectivity index (χ3v) is 2.21. The third kappa shape index (κ3) is 4.02. The molecule has 0 unspecified atom stereocenters. The Hall–Kier alpha value is -0.680. The average molecular weight is 222 g/mol. The van der Waals surface area contributed by atoms with Gasteiger partial charge in [0.05, 0.1) is 6.61 Å². The molecule has 0 aliphatic rings. The Kier molecular flexibility index (Phi) is 3.83. The minimum absolute atomic E-state index is 0.113. The van der Waals surface area contributed by atoms with E-state index >= 15 is 0 Å². The second-order valence-electron chi connectivity index (χ2n) is 2.62. The molecule has 0 aromatic heterocycles. The summed E-state index contributed by atoms with van der Waals surface area (Å²) in [6, 6.07) is 6.12. The van der Waals surface area contributed by atoms with Crippen molar-refractivity contribution in [2.24, 2.45) is 0 Å². The number of rotatable bonds is 3. The normalized spacial score (nSPS) is 11.7. The summed E-state index contributed by atoms with van der Waals surface area (Å²) in [5.74, 6) is 0. The van der Waals surface area contributed by atoms with Crippen LogP contribution in [0.5, 0.6) is 0 Å². The number of alkyl halides is 3. The van der Waals surface area contributed by atoms with Gasteiger partial charge in [-0.15, -0.1) is 0 Å². The molecule has 0 amide bonds. The first-order valence-electron chi connectivity index (χ1n) is 3.85. The molecule has 0 bridgehead atoms. The van der Waals surface area contributed by atoms with Crippen LogP contribution in [0.2, 0.25) is 0 Å². The van der Waals surface area contributed by atoms with Crippen molar-refractivity contribution < 1.29 is 17.9 Å². The fraction of sp³-hybridized carbons (Fsp3) is 0.333. The standard InChI is InChI=1S/C9H9F3OS/c1-13-6-7-2-4-8(5-3-7)14-9(10,11)12/h2-5H,6H2,1H3. The van der Waals surface area contributed by atoms with Crippen molar-refractivity contribution >= 4 is 11.8 Å². The molecule has 1 nitrogen and oxygen atoms in total. The molecule has 0 N–H and O–H groups in total. The highest BCUT2D eigenvalue weighted by molar-refractivity contribution is 8.00. The second kappa shape index (κ2) is 4.70. The summed E-state index contributed by atoms with van der Waals surface area (Å²) >= 11 is -0.113. The van der Waals surface area contributed by atoms with E-state index in [9.17, 15) is 13.2 Å². The van der Waals surface area contributed by atoms with Crippen molar-refractivity contribution in [2.75, 3.05) is 7.11 Å². The summed E-state index contributed by atoms with van der Waals surface area (Å²) in [7, 11) is 1.54. The molecule has 1 rings (SSSR count). The maximum Gasteiger partial charge on any atom is 0.446 e. The zero-order valence-corrected chi connectivity index (χ0v) is 8.28. The Morgan fingerprint density at radius 2 is 1.79 bits per heavy atom. The molecule has 5 heteroatoms. The lowest BCUT2D eigenvalue weighted by Crippen LogP contribution is -1.98. The first-order chi connectivity index (χ1) is 6.51. The minimum atomic E-state index is -4.22. The van der Waals surface area contributed by atoms with Crippen LogP contribution in [-0.2, 0) is 11.3 Å². The maximum atomic E-state index is 11.9. The first kappa shape index (κ1) is 11.4. The van der Waals surface area contributed by atoms with Gasteiger partial charge in [0.2, 0.25) is 0 Å². The van der Waals surface area contributed by atoms with Crippen LogP contribution in [0, 0.1) is 0 Å². The Bertz CT molecular complexity index is 281. The zero-order chi connectivity index (χ0) is 10.6. The zero-order valence-electron chi connectivity index (χ0n) is 7.47. The molecule has 0 aliphatic carbocycles. The smallest absolute Gasteiger partial charge is 0.380 e. The van der Waals surface area contributed by atoms with E-state index in [4.69, 9.17) is 4.74 Å². The topological polar surface area (TPSA) is 9.23 Å². The quantitative estimate of drug-likeness (QED) is 0.724. The number of methoxy groups -OCH3 is 1. The Morgan fingerprint density at radius 1 is 1.21 bits per heavy atom.